The Morgan fingerprint density at radius 3 is 2.55 bits per heavy atom. The van der Waals surface area contributed by atoms with E-state index in [9.17, 15) is 9.59 Å². The highest BCUT2D eigenvalue weighted by Crippen LogP contribution is 2.43. The number of hydrogen-bond acceptors (Lipinski definition) is 4. The molecule has 7 heteroatoms. The topological polar surface area (TPSA) is 61.8 Å². The summed E-state index contributed by atoms with van der Waals surface area (Å²) in [7, 11) is 3.32. The van der Waals surface area contributed by atoms with Crippen LogP contribution >= 0.6 is 11.3 Å². The lowest BCUT2D eigenvalue weighted by Crippen LogP contribution is -2.37. The zero-order valence-electron chi connectivity index (χ0n) is 16.7. The number of rotatable bonds is 2. The van der Waals surface area contributed by atoms with E-state index in [1.807, 2.05) is 37.3 Å². The zero-order chi connectivity index (χ0) is 20.3. The first kappa shape index (κ1) is 18.1. The molecule has 0 N–H and O–H groups in total. The van der Waals surface area contributed by atoms with Crippen molar-refractivity contribution < 1.29 is 0 Å². The van der Waals surface area contributed by atoms with Crippen molar-refractivity contribution in [2.75, 3.05) is 0 Å². The Bertz CT molecular complexity index is 1360. The lowest BCUT2D eigenvalue weighted by Gasteiger charge is -2.25. The summed E-state index contributed by atoms with van der Waals surface area (Å²) in [5, 5.41) is 3.74. The van der Waals surface area contributed by atoms with E-state index in [0.717, 1.165) is 52.6 Å². The van der Waals surface area contributed by atoms with Crippen LogP contribution < -0.4 is 11.2 Å². The second-order valence-electron chi connectivity index (χ2n) is 7.70. The molecule has 3 aromatic heterocycles. The van der Waals surface area contributed by atoms with E-state index in [4.69, 9.17) is 4.98 Å². The number of aryl methyl sites for hydroxylation is 2. The van der Waals surface area contributed by atoms with E-state index in [1.54, 1.807) is 30.0 Å². The van der Waals surface area contributed by atoms with E-state index < -0.39 is 0 Å². The Morgan fingerprint density at radius 1 is 1.10 bits per heavy atom. The number of aromatic nitrogens is 4. The SMILES string of the molecule is Cc1csc(C2CCCn3c(-c4ccccc4)c4c(=O)n(C)c(=O)n(C)c4c32)n1. The van der Waals surface area contributed by atoms with Crippen LogP contribution in [0.15, 0.2) is 45.3 Å². The van der Waals surface area contributed by atoms with Gasteiger partial charge in [0.15, 0.2) is 0 Å². The Hall–Kier alpha value is -2.93. The van der Waals surface area contributed by atoms with Crippen LogP contribution in [0.5, 0.6) is 0 Å². The van der Waals surface area contributed by atoms with Crippen molar-refractivity contribution in [1.82, 2.24) is 18.7 Å². The largest absolute Gasteiger partial charge is 0.341 e. The smallest absolute Gasteiger partial charge is 0.331 e. The van der Waals surface area contributed by atoms with Gasteiger partial charge in [-0.2, -0.15) is 0 Å². The van der Waals surface area contributed by atoms with Gasteiger partial charge in [0, 0.05) is 31.7 Å². The molecule has 29 heavy (non-hydrogen) atoms. The van der Waals surface area contributed by atoms with Gasteiger partial charge >= 0.3 is 5.69 Å². The summed E-state index contributed by atoms with van der Waals surface area (Å²) in [5.74, 6) is 0.0834. The van der Waals surface area contributed by atoms with Crippen molar-refractivity contribution in [3.8, 4) is 11.3 Å². The minimum absolute atomic E-state index is 0.0834. The quantitative estimate of drug-likeness (QED) is 0.513. The maximum Gasteiger partial charge on any atom is 0.331 e. The van der Waals surface area contributed by atoms with Gasteiger partial charge in [-0.3, -0.25) is 13.9 Å². The molecule has 1 aromatic carbocycles. The summed E-state index contributed by atoms with van der Waals surface area (Å²) < 4.78 is 5.10. The average Bonchev–Trinajstić information content (AvgIpc) is 3.32. The summed E-state index contributed by atoms with van der Waals surface area (Å²) in [6.07, 6.45) is 1.97. The van der Waals surface area contributed by atoms with Gasteiger partial charge in [-0.15, -0.1) is 11.3 Å². The number of thiazole rings is 1. The van der Waals surface area contributed by atoms with Gasteiger partial charge < -0.3 is 4.57 Å². The monoisotopic (exact) mass is 406 g/mol. The van der Waals surface area contributed by atoms with Crippen molar-refractivity contribution in [2.45, 2.75) is 32.2 Å². The molecule has 0 aliphatic carbocycles. The van der Waals surface area contributed by atoms with E-state index in [-0.39, 0.29) is 17.2 Å². The first-order chi connectivity index (χ1) is 14.0. The average molecular weight is 407 g/mol. The molecule has 6 nitrogen and oxygen atoms in total. The predicted molar refractivity (Wildman–Crippen MR) is 116 cm³/mol. The Labute approximate surface area is 171 Å². The molecule has 5 rings (SSSR count). The maximum atomic E-state index is 13.3. The molecule has 0 saturated carbocycles. The molecule has 148 valence electrons. The third-order valence-corrected chi connectivity index (χ3v) is 6.97. The van der Waals surface area contributed by atoms with E-state index in [0.29, 0.717) is 5.39 Å². The van der Waals surface area contributed by atoms with Crippen molar-refractivity contribution >= 4 is 22.2 Å². The van der Waals surface area contributed by atoms with Crippen LogP contribution in [0.2, 0.25) is 0 Å². The number of fused-ring (bicyclic) bond motifs is 3. The first-order valence-corrected chi connectivity index (χ1v) is 10.7. The first-order valence-electron chi connectivity index (χ1n) is 9.78. The maximum absolute atomic E-state index is 13.3. The van der Waals surface area contributed by atoms with Crippen LogP contribution in [0.25, 0.3) is 22.2 Å². The Kier molecular flexibility index (Phi) is 4.10. The standard InChI is InChI=1S/C22H22N4O2S/c1-13-12-29-20(23-13)15-10-7-11-26-17(14-8-5-4-6-9-14)16-19(18(15)26)24(2)22(28)25(3)21(16)27/h4-6,8-9,12,15H,7,10-11H2,1-3H3. The fraction of sp³-hybridized carbons (Fsp3) is 0.318. The molecule has 0 bridgehead atoms. The van der Waals surface area contributed by atoms with E-state index in [2.05, 4.69) is 9.95 Å². The molecule has 1 atom stereocenters. The van der Waals surface area contributed by atoms with Gasteiger partial charge in [-0.25, -0.2) is 9.78 Å². The van der Waals surface area contributed by atoms with Gasteiger partial charge in [0.1, 0.15) is 5.01 Å². The lowest BCUT2D eigenvalue weighted by atomic mass is 9.95. The van der Waals surface area contributed by atoms with Crippen LogP contribution in [0.3, 0.4) is 0 Å². The second kappa shape index (κ2) is 6.56. The number of hydrogen-bond donors (Lipinski definition) is 0. The molecular formula is C22H22N4O2S. The summed E-state index contributed by atoms with van der Waals surface area (Å²) >= 11 is 1.66. The van der Waals surface area contributed by atoms with Crippen molar-refractivity contribution in [1.29, 1.82) is 0 Å². The zero-order valence-corrected chi connectivity index (χ0v) is 17.5. The predicted octanol–water partition coefficient (Wildman–Crippen LogP) is 3.40. The summed E-state index contributed by atoms with van der Waals surface area (Å²) in [6.45, 7) is 2.83. The normalized spacial score (nSPS) is 16.3. The Balaban J connectivity index is 1.97. The minimum Gasteiger partial charge on any atom is -0.341 e. The molecule has 0 fully saturated rings. The fourth-order valence-corrected chi connectivity index (χ4v) is 5.52. The summed E-state index contributed by atoms with van der Waals surface area (Å²) in [6, 6.07) is 10.0. The van der Waals surface area contributed by atoms with Crippen LogP contribution in [0.1, 0.15) is 35.2 Å². The third-order valence-electron chi connectivity index (χ3n) is 5.89. The molecule has 1 unspecified atom stereocenters. The number of nitrogens with zero attached hydrogens (tertiary/aromatic N) is 4. The number of benzene rings is 1. The van der Waals surface area contributed by atoms with Crippen molar-refractivity contribution in [3.05, 3.63) is 72.9 Å². The molecule has 1 aliphatic rings. The highest BCUT2D eigenvalue weighted by Gasteiger charge is 2.33. The summed E-state index contributed by atoms with van der Waals surface area (Å²) in [4.78, 5) is 30.8. The van der Waals surface area contributed by atoms with E-state index in [1.165, 1.54) is 4.57 Å². The molecule has 0 amide bonds. The molecule has 4 heterocycles. The van der Waals surface area contributed by atoms with Crippen LogP contribution in [0, 0.1) is 6.92 Å². The van der Waals surface area contributed by atoms with Crippen LogP contribution in [-0.2, 0) is 20.6 Å². The molecular weight excluding hydrogens is 384 g/mol. The lowest BCUT2D eigenvalue weighted by molar-refractivity contribution is 0.495. The molecule has 0 saturated heterocycles. The minimum atomic E-state index is -0.296. The van der Waals surface area contributed by atoms with Gasteiger partial charge in [-0.1, -0.05) is 30.3 Å². The van der Waals surface area contributed by atoms with Crippen molar-refractivity contribution in [2.24, 2.45) is 14.1 Å². The summed E-state index contributed by atoms with van der Waals surface area (Å²) in [5.41, 5.74) is 4.16. The van der Waals surface area contributed by atoms with E-state index >= 15 is 0 Å². The van der Waals surface area contributed by atoms with Gasteiger partial charge in [-0.05, 0) is 25.3 Å². The van der Waals surface area contributed by atoms with Gasteiger partial charge in [0.2, 0.25) is 0 Å². The molecule has 4 aromatic rings. The molecule has 1 aliphatic heterocycles. The van der Waals surface area contributed by atoms with Crippen molar-refractivity contribution in [3.63, 3.8) is 0 Å². The van der Waals surface area contributed by atoms with Crippen LogP contribution in [0.4, 0.5) is 0 Å². The van der Waals surface area contributed by atoms with Gasteiger partial charge in [0.05, 0.1) is 28.2 Å². The molecule has 0 spiro atoms. The fourth-order valence-electron chi connectivity index (χ4n) is 4.59. The van der Waals surface area contributed by atoms with Crippen LogP contribution in [-0.4, -0.2) is 18.7 Å². The molecule has 0 radical (unpaired) electrons. The second-order valence-corrected chi connectivity index (χ2v) is 8.59. The highest BCUT2D eigenvalue weighted by molar-refractivity contribution is 7.09. The Morgan fingerprint density at radius 2 is 1.86 bits per heavy atom. The highest BCUT2D eigenvalue weighted by atomic mass is 32.1. The third kappa shape index (κ3) is 2.57. The van der Waals surface area contributed by atoms with Gasteiger partial charge in [0.25, 0.3) is 5.56 Å².